The Balaban J connectivity index is 1.43. The maximum atomic E-state index is 11.1. The molecule has 28 heavy (non-hydrogen) atoms. The molecular formula is C23H25N3O2. The van der Waals surface area contributed by atoms with Gasteiger partial charge in [0.2, 0.25) is 5.91 Å². The number of nitrogens with zero attached hydrogens (tertiary/aromatic N) is 2. The van der Waals surface area contributed by atoms with Crippen molar-refractivity contribution in [2.24, 2.45) is 0 Å². The summed E-state index contributed by atoms with van der Waals surface area (Å²) in [5.41, 5.74) is 4.00. The van der Waals surface area contributed by atoms with Gasteiger partial charge in [-0.1, -0.05) is 12.1 Å². The molecule has 5 nitrogen and oxygen atoms in total. The number of nitriles is 1. The van der Waals surface area contributed by atoms with Crippen molar-refractivity contribution in [3.63, 3.8) is 0 Å². The van der Waals surface area contributed by atoms with E-state index < -0.39 is 0 Å². The van der Waals surface area contributed by atoms with Gasteiger partial charge in [0.25, 0.3) is 0 Å². The van der Waals surface area contributed by atoms with E-state index in [1.807, 2.05) is 30.3 Å². The lowest BCUT2D eigenvalue weighted by Crippen LogP contribution is -2.50. The quantitative estimate of drug-likeness (QED) is 0.885. The maximum Gasteiger partial charge on any atom is 0.221 e. The van der Waals surface area contributed by atoms with Crippen molar-refractivity contribution in [1.29, 1.82) is 5.26 Å². The van der Waals surface area contributed by atoms with E-state index in [2.05, 4.69) is 28.4 Å². The van der Waals surface area contributed by atoms with Crippen LogP contribution in [0.15, 0.2) is 42.5 Å². The molecule has 1 amide bonds. The number of benzene rings is 2. The molecule has 4 rings (SSSR count). The van der Waals surface area contributed by atoms with Crippen LogP contribution in [0.25, 0.3) is 0 Å². The summed E-state index contributed by atoms with van der Waals surface area (Å²) in [6.07, 6.45) is 3.28. The molecule has 0 unspecified atom stereocenters. The highest BCUT2D eigenvalue weighted by Crippen LogP contribution is 2.41. The number of likely N-dealkylation sites (tertiary alicyclic amines) is 1. The molecule has 1 saturated heterocycles. The van der Waals surface area contributed by atoms with Crippen LogP contribution in [0.1, 0.15) is 42.4 Å². The molecule has 0 aromatic heterocycles. The zero-order chi connectivity index (χ0) is 19.5. The van der Waals surface area contributed by atoms with Gasteiger partial charge in [0, 0.05) is 30.6 Å². The summed E-state index contributed by atoms with van der Waals surface area (Å²) in [7, 11) is 0. The zero-order valence-electron chi connectivity index (χ0n) is 16.1. The van der Waals surface area contributed by atoms with Crippen LogP contribution >= 0.6 is 0 Å². The molecule has 2 aromatic carbocycles. The Kier molecular flexibility index (Phi) is 5.31. The number of carbonyl (C=O) groups is 1. The Hall–Kier alpha value is -2.84. The van der Waals surface area contributed by atoms with Gasteiger partial charge in [0.1, 0.15) is 12.4 Å². The molecule has 0 bridgehead atoms. The largest absolute Gasteiger partial charge is 0.492 e. The lowest BCUT2D eigenvalue weighted by Gasteiger charge is -2.44. The molecule has 5 heteroatoms. The van der Waals surface area contributed by atoms with Crippen molar-refractivity contribution in [1.82, 2.24) is 4.90 Å². The van der Waals surface area contributed by atoms with E-state index in [1.165, 1.54) is 24.5 Å². The third kappa shape index (κ3) is 3.88. The van der Waals surface area contributed by atoms with Crippen molar-refractivity contribution >= 4 is 11.6 Å². The molecule has 2 atom stereocenters. The van der Waals surface area contributed by atoms with E-state index >= 15 is 0 Å². The van der Waals surface area contributed by atoms with Gasteiger partial charge in [0.15, 0.2) is 0 Å². The number of rotatable bonds is 4. The van der Waals surface area contributed by atoms with Gasteiger partial charge >= 0.3 is 0 Å². The molecule has 2 aliphatic heterocycles. The predicted molar refractivity (Wildman–Crippen MR) is 108 cm³/mol. The second-order valence-corrected chi connectivity index (χ2v) is 7.66. The van der Waals surface area contributed by atoms with Crippen LogP contribution in [0.4, 0.5) is 5.69 Å². The highest BCUT2D eigenvalue weighted by molar-refractivity contribution is 5.88. The second-order valence-electron chi connectivity index (χ2n) is 7.66. The molecular weight excluding hydrogens is 350 g/mol. The van der Waals surface area contributed by atoms with E-state index in [4.69, 9.17) is 4.74 Å². The van der Waals surface area contributed by atoms with E-state index in [-0.39, 0.29) is 5.91 Å². The molecule has 2 heterocycles. The van der Waals surface area contributed by atoms with E-state index in [1.54, 1.807) is 0 Å². The lowest BCUT2D eigenvalue weighted by atomic mass is 9.81. The molecule has 1 N–H and O–H groups in total. The third-order valence-corrected chi connectivity index (χ3v) is 5.80. The Bertz CT molecular complexity index is 901. The minimum Gasteiger partial charge on any atom is -0.492 e. The summed E-state index contributed by atoms with van der Waals surface area (Å²) >= 11 is 0. The second kappa shape index (κ2) is 8.04. The number of fused-ring (bicyclic) bond motifs is 3. The summed E-state index contributed by atoms with van der Waals surface area (Å²) in [4.78, 5) is 13.7. The van der Waals surface area contributed by atoms with Crippen molar-refractivity contribution < 1.29 is 9.53 Å². The summed E-state index contributed by atoms with van der Waals surface area (Å²) in [5, 5.41) is 12.0. The van der Waals surface area contributed by atoms with Crippen LogP contribution in [0.3, 0.4) is 0 Å². The number of anilines is 1. The molecule has 1 fully saturated rings. The van der Waals surface area contributed by atoms with Gasteiger partial charge in [-0.2, -0.15) is 5.26 Å². The molecule has 0 spiro atoms. The number of hydrogen-bond donors (Lipinski definition) is 1. The molecule has 0 saturated carbocycles. The number of nitrogens with one attached hydrogen (secondary N) is 1. The van der Waals surface area contributed by atoms with Crippen molar-refractivity contribution in [3.05, 3.63) is 59.2 Å². The van der Waals surface area contributed by atoms with E-state index in [9.17, 15) is 10.1 Å². The van der Waals surface area contributed by atoms with Gasteiger partial charge in [-0.15, -0.1) is 0 Å². The zero-order valence-corrected chi connectivity index (χ0v) is 16.1. The summed E-state index contributed by atoms with van der Waals surface area (Å²) in [5.74, 6) is 1.33. The summed E-state index contributed by atoms with van der Waals surface area (Å²) < 4.78 is 6.04. The average molecular weight is 375 g/mol. The lowest BCUT2D eigenvalue weighted by molar-refractivity contribution is -0.114. The Morgan fingerprint density at radius 1 is 1.29 bits per heavy atom. The maximum absolute atomic E-state index is 11.1. The van der Waals surface area contributed by atoms with Gasteiger partial charge < -0.3 is 10.1 Å². The highest BCUT2D eigenvalue weighted by atomic mass is 16.5. The Morgan fingerprint density at radius 3 is 2.86 bits per heavy atom. The number of amides is 1. The Morgan fingerprint density at radius 2 is 2.11 bits per heavy atom. The first kappa shape index (κ1) is 18.5. The van der Waals surface area contributed by atoms with Crippen molar-refractivity contribution in [2.75, 3.05) is 25.0 Å². The molecule has 0 aliphatic carbocycles. The smallest absolute Gasteiger partial charge is 0.221 e. The standard InChI is InChI=1S/C23H25N3O2/c1-16(27)25-19-7-4-17(5-8-19)10-12-26-11-2-3-20-21-13-18(14-24)6-9-23(21)28-15-22(20)26/h4-9,13,20,22H,2-3,10-12,15H2,1H3,(H,25,27)/t20-,22-/m0/s1. The van der Waals surface area contributed by atoms with Crippen LogP contribution in [-0.4, -0.2) is 36.5 Å². The minimum absolute atomic E-state index is 0.0516. The molecule has 2 aromatic rings. The van der Waals surface area contributed by atoms with Crippen LogP contribution < -0.4 is 10.1 Å². The number of carbonyl (C=O) groups excluding carboxylic acids is 1. The predicted octanol–water partition coefficient (Wildman–Crippen LogP) is 3.70. The first-order chi connectivity index (χ1) is 13.6. The number of hydrogen-bond acceptors (Lipinski definition) is 4. The number of piperidine rings is 1. The van der Waals surface area contributed by atoms with Gasteiger partial charge in [-0.25, -0.2) is 0 Å². The van der Waals surface area contributed by atoms with E-state index in [0.29, 0.717) is 24.1 Å². The SMILES string of the molecule is CC(=O)Nc1ccc(CCN2CCC[C@H]3c4cc(C#N)ccc4OC[C@@H]32)cc1. The van der Waals surface area contributed by atoms with Crippen LogP contribution in [0, 0.1) is 11.3 Å². The first-order valence-corrected chi connectivity index (χ1v) is 9.91. The average Bonchev–Trinajstić information content (AvgIpc) is 2.72. The fourth-order valence-corrected chi connectivity index (χ4v) is 4.43. The third-order valence-electron chi connectivity index (χ3n) is 5.80. The first-order valence-electron chi connectivity index (χ1n) is 9.91. The van der Waals surface area contributed by atoms with Crippen molar-refractivity contribution in [2.45, 2.75) is 38.1 Å². The highest BCUT2D eigenvalue weighted by Gasteiger charge is 2.37. The minimum atomic E-state index is -0.0516. The van der Waals surface area contributed by atoms with E-state index in [0.717, 1.165) is 37.4 Å². The normalized spacial score (nSPS) is 21.0. The van der Waals surface area contributed by atoms with Crippen LogP contribution in [0.5, 0.6) is 5.75 Å². The monoisotopic (exact) mass is 375 g/mol. The van der Waals surface area contributed by atoms with Crippen LogP contribution in [-0.2, 0) is 11.2 Å². The van der Waals surface area contributed by atoms with Gasteiger partial charge in [0.05, 0.1) is 17.7 Å². The fraction of sp³-hybridized carbons (Fsp3) is 0.391. The van der Waals surface area contributed by atoms with Crippen molar-refractivity contribution in [3.8, 4) is 11.8 Å². The number of ether oxygens (including phenoxy) is 1. The van der Waals surface area contributed by atoms with Gasteiger partial charge in [-0.05, 0) is 61.7 Å². The molecule has 2 aliphatic rings. The fourth-order valence-electron chi connectivity index (χ4n) is 4.43. The molecule has 144 valence electrons. The summed E-state index contributed by atoms with van der Waals surface area (Å²) in [6, 6.07) is 16.5. The van der Waals surface area contributed by atoms with Crippen LogP contribution in [0.2, 0.25) is 0 Å². The topological polar surface area (TPSA) is 65.4 Å². The Labute approximate surface area is 165 Å². The van der Waals surface area contributed by atoms with Gasteiger partial charge in [-0.3, -0.25) is 9.69 Å². The molecule has 0 radical (unpaired) electrons. The summed E-state index contributed by atoms with van der Waals surface area (Å²) in [6.45, 7) is 4.30.